The molecule has 3 unspecified atom stereocenters. The van der Waals surface area contributed by atoms with Crippen LogP contribution in [-0.2, 0) is 0 Å². The van der Waals surface area contributed by atoms with Crippen molar-refractivity contribution in [3.05, 3.63) is 0 Å². The minimum Gasteiger partial charge on any atom is -0.312 e. The highest BCUT2D eigenvalue weighted by Crippen LogP contribution is 2.37. The molecule has 0 radical (unpaired) electrons. The molecule has 3 heteroatoms. The van der Waals surface area contributed by atoms with Crippen LogP contribution in [0.4, 0.5) is 4.39 Å². The minimum atomic E-state index is -0.936. The highest BCUT2D eigenvalue weighted by atomic mass is 19.1. The lowest BCUT2D eigenvalue weighted by Gasteiger charge is -2.22. The van der Waals surface area contributed by atoms with Crippen LogP contribution in [0.1, 0.15) is 27.2 Å². The molecule has 0 saturated carbocycles. The predicted molar refractivity (Wildman–Crippen MR) is 53.7 cm³/mol. The van der Waals surface area contributed by atoms with Crippen molar-refractivity contribution in [1.82, 2.24) is 10.2 Å². The molecule has 0 aliphatic carbocycles. The zero-order valence-corrected chi connectivity index (χ0v) is 9.10. The summed E-state index contributed by atoms with van der Waals surface area (Å²) in [6.07, 6.45) is 0.696. The van der Waals surface area contributed by atoms with Crippen molar-refractivity contribution in [3.63, 3.8) is 0 Å². The molecule has 2 heterocycles. The number of alkyl halides is 1. The third-order valence-electron chi connectivity index (χ3n) is 3.18. The molecule has 0 aromatic rings. The summed E-state index contributed by atoms with van der Waals surface area (Å²) in [6.45, 7) is 7.46. The normalized spacial score (nSPS) is 44.1. The Hall–Kier alpha value is -0.150. The van der Waals surface area contributed by atoms with E-state index < -0.39 is 5.67 Å². The van der Waals surface area contributed by atoms with Crippen molar-refractivity contribution in [1.29, 1.82) is 0 Å². The molecular formula is C10H21FN2. The van der Waals surface area contributed by atoms with Crippen LogP contribution in [0, 0.1) is 0 Å². The zero-order valence-electron chi connectivity index (χ0n) is 9.10. The van der Waals surface area contributed by atoms with Gasteiger partial charge in [0.15, 0.2) is 0 Å². The van der Waals surface area contributed by atoms with Gasteiger partial charge in [-0.05, 0) is 20.4 Å². The second-order valence-corrected chi connectivity index (χ2v) is 3.90. The summed E-state index contributed by atoms with van der Waals surface area (Å²) in [5.74, 6) is 0. The van der Waals surface area contributed by atoms with Gasteiger partial charge in [-0.2, -0.15) is 0 Å². The minimum absolute atomic E-state index is 0.123. The first-order chi connectivity index (χ1) is 6.13. The zero-order chi connectivity index (χ0) is 10.1. The third-order valence-corrected chi connectivity index (χ3v) is 3.18. The number of nitrogens with zero attached hydrogens (tertiary/aromatic N) is 1. The molecule has 0 aromatic carbocycles. The topological polar surface area (TPSA) is 15.3 Å². The van der Waals surface area contributed by atoms with Gasteiger partial charge in [0.1, 0.15) is 5.67 Å². The Morgan fingerprint density at radius 2 is 2.08 bits per heavy atom. The van der Waals surface area contributed by atoms with Crippen LogP contribution in [0.15, 0.2) is 0 Å². The van der Waals surface area contributed by atoms with Crippen LogP contribution < -0.4 is 5.32 Å². The van der Waals surface area contributed by atoms with Crippen LogP contribution in [0.25, 0.3) is 0 Å². The molecule has 0 aromatic heterocycles. The maximum atomic E-state index is 13.9. The fraction of sp³-hybridized carbons (Fsp3) is 1.00. The number of likely N-dealkylation sites (N-methyl/N-ethyl adjacent to an activating group) is 1. The van der Waals surface area contributed by atoms with Gasteiger partial charge in [0.2, 0.25) is 0 Å². The van der Waals surface area contributed by atoms with E-state index in [2.05, 4.69) is 17.1 Å². The number of hydrogen-bond donors (Lipinski definition) is 1. The van der Waals surface area contributed by atoms with Crippen molar-refractivity contribution in [3.8, 4) is 0 Å². The van der Waals surface area contributed by atoms with E-state index in [0.29, 0.717) is 19.0 Å². The van der Waals surface area contributed by atoms with Gasteiger partial charge in [-0.25, -0.2) is 4.39 Å². The molecule has 3 atom stereocenters. The van der Waals surface area contributed by atoms with E-state index in [0.717, 1.165) is 6.54 Å². The monoisotopic (exact) mass is 188 g/mol. The van der Waals surface area contributed by atoms with Crippen molar-refractivity contribution in [2.24, 2.45) is 0 Å². The molecule has 2 aliphatic heterocycles. The van der Waals surface area contributed by atoms with E-state index in [1.54, 1.807) is 0 Å². The molecule has 1 N–H and O–H groups in total. The fourth-order valence-corrected chi connectivity index (χ4v) is 2.38. The fourth-order valence-electron chi connectivity index (χ4n) is 2.38. The Labute approximate surface area is 80.5 Å². The Bertz CT molecular complexity index is 174. The standard InChI is InChI=1S/C8H15FN2.C2H6/c1-6-3-8(9)5-10-4-7(8)11(6)2;1-2/h6-7,10H,3-5H2,1-2H3;1-2H3. The van der Waals surface area contributed by atoms with E-state index >= 15 is 0 Å². The van der Waals surface area contributed by atoms with Crippen LogP contribution in [0.2, 0.25) is 0 Å². The second kappa shape index (κ2) is 3.93. The third kappa shape index (κ3) is 1.72. The molecule has 2 nitrogen and oxygen atoms in total. The van der Waals surface area contributed by atoms with Gasteiger partial charge in [-0.3, -0.25) is 4.90 Å². The number of rotatable bonds is 0. The number of halogens is 1. The number of likely N-dealkylation sites (tertiary alicyclic amines) is 1. The average Bonchev–Trinajstić information content (AvgIpc) is 2.56. The maximum Gasteiger partial charge on any atom is 0.141 e. The van der Waals surface area contributed by atoms with Gasteiger partial charge in [-0.15, -0.1) is 0 Å². The maximum absolute atomic E-state index is 13.9. The first-order valence-corrected chi connectivity index (χ1v) is 5.25. The summed E-state index contributed by atoms with van der Waals surface area (Å²) in [7, 11) is 2.02. The Morgan fingerprint density at radius 1 is 1.46 bits per heavy atom. The van der Waals surface area contributed by atoms with Gasteiger partial charge in [-0.1, -0.05) is 13.8 Å². The molecule has 2 aliphatic rings. The lowest BCUT2D eigenvalue weighted by Crippen LogP contribution is -2.39. The lowest BCUT2D eigenvalue weighted by molar-refractivity contribution is 0.152. The smallest absolute Gasteiger partial charge is 0.141 e. The summed E-state index contributed by atoms with van der Waals surface area (Å²) < 4.78 is 13.9. The van der Waals surface area contributed by atoms with Crippen LogP contribution >= 0.6 is 0 Å². The van der Waals surface area contributed by atoms with Gasteiger partial charge < -0.3 is 5.32 Å². The first-order valence-electron chi connectivity index (χ1n) is 5.25. The lowest BCUT2D eigenvalue weighted by atomic mass is 9.99. The summed E-state index contributed by atoms with van der Waals surface area (Å²) in [5.41, 5.74) is -0.936. The van der Waals surface area contributed by atoms with Gasteiger partial charge >= 0.3 is 0 Å². The summed E-state index contributed by atoms with van der Waals surface area (Å²) in [6, 6.07) is 0.532. The second-order valence-electron chi connectivity index (χ2n) is 3.90. The molecule has 0 bridgehead atoms. The van der Waals surface area contributed by atoms with E-state index in [1.807, 2.05) is 20.9 Å². The molecule has 78 valence electrons. The quantitative estimate of drug-likeness (QED) is 0.618. The molecule has 2 saturated heterocycles. The summed E-state index contributed by atoms with van der Waals surface area (Å²) in [5, 5.41) is 3.10. The number of nitrogens with one attached hydrogen (secondary N) is 1. The Kier molecular flexibility index (Phi) is 3.30. The number of hydrogen-bond acceptors (Lipinski definition) is 2. The summed E-state index contributed by atoms with van der Waals surface area (Å²) in [4.78, 5) is 2.15. The van der Waals surface area contributed by atoms with E-state index in [1.165, 1.54) is 0 Å². The Morgan fingerprint density at radius 3 is 2.62 bits per heavy atom. The molecule has 2 fully saturated rings. The van der Waals surface area contributed by atoms with E-state index in [9.17, 15) is 4.39 Å². The molecule has 13 heavy (non-hydrogen) atoms. The SMILES string of the molecule is CC.CC1CC2(F)CNCC2N1C. The molecular weight excluding hydrogens is 167 g/mol. The highest BCUT2D eigenvalue weighted by Gasteiger charge is 2.52. The number of fused-ring (bicyclic) bond motifs is 1. The van der Waals surface area contributed by atoms with E-state index in [4.69, 9.17) is 0 Å². The molecule has 0 spiro atoms. The van der Waals surface area contributed by atoms with Crippen molar-refractivity contribution in [2.45, 2.75) is 44.9 Å². The molecule has 0 amide bonds. The van der Waals surface area contributed by atoms with Gasteiger partial charge in [0, 0.05) is 19.1 Å². The van der Waals surface area contributed by atoms with E-state index in [-0.39, 0.29) is 6.04 Å². The summed E-state index contributed by atoms with van der Waals surface area (Å²) >= 11 is 0. The van der Waals surface area contributed by atoms with Gasteiger partial charge in [0.05, 0.1) is 6.04 Å². The first kappa shape index (κ1) is 10.9. The van der Waals surface area contributed by atoms with Crippen molar-refractivity contribution in [2.75, 3.05) is 20.1 Å². The van der Waals surface area contributed by atoms with Crippen molar-refractivity contribution >= 4 is 0 Å². The predicted octanol–water partition coefficient (Wildman–Crippen LogP) is 1.42. The van der Waals surface area contributed by atoms with Gasteiger partial charge in [0.25, 0.3) is 0 Å². The Balaban J connectivity index is 0.000000396. The molecule has 2 rings (SSSR count). The average molecular weight is 188 g/mol. The van der Waals surface area contributed by atoms with Crippen LogP contribution in [0.5, 0.6) is 0 Å². The van der Waals surface area contributed by atoms with Crippen molar-refractivity contribution < 1.29 is 4.39 Å². The van der Waals surface area contributed by atoms with Crippen LogP contribution in [0.3, 0.4) is 0 Å². The van der Waals surface area contributed by atoms with Crippen LogP contribution in [-0.4, -0.2) is 42.8 Å². The largest absolute Gasteiger partial charge is 0.312 e. The highest BCUT2D eigenvalue weighted by molar-refractivity contribution is 5.08.